The summed E-state index contributed by atoms with van der Waals surface area (Å²) in [6, 6.07) is 10.1. The lowest BCUT2D eigenvalue weighted by molar-refractivity contribution is -0.119. The summed E-state index contributed by atoms with van der Waals surface area (Å²) in [4.78, 5) is 18.8. The van der Waals surface area contributed by atoms with Gasteiger partial charge < -0.3 is 10.6 Å². The predicted octanol–water partition coefficient (Wildman–Crippen LogP) is 3.47. The van der Waals surface area contributed by atoms with Crippen LogP contribution in [-0.4, -0.2) is 33.8 Å². The predicted molar refractivity (Wildman–Crippen MR) is 115 cm³/mol. The van der Waals surface area contributed by atoms with Gasteiger partial charge in [0.05, 0.1) is 17.8 Å². The minimum atomic E-state index is -0.122. The molecule has 2 atom stereocenters. The number of hydrogen-bond donors (Lipinski definition) is 2. The lowest BCUT2D eigenvalue weighted by Crippen LogP contribution is -2.28. The monoisotopic (exact) mass is 417 g/mol. The molecule has 0 radical (unpaired) electrons. The number of rotatable bonds is 5. The summed E-state index contributed by atoms with van der Waals surface area (Å²) in [6.07, 6.45) is 4.73. The normalized spacial score (nSPS) is 18.6. The number of thiazole rings is 1. The second-order valence-corrected chi connectivity index (χ2v) is 7.90. The molecule has 0 spiro atoms. The molecule has 1 fully saturated rings. The molecule has 6 nitrogen and oxygen atoms in total. The molecule has 2 aromatic heterocycles. The molecular formula is C20H24ClN5OS. The van der Waals surface area contributed by atoms with Crippen molar-refractivity contribution in [3.63, 3.8) is 0 Å². The Balaban J connectivity index is 0.00000225. The summed E-state index contributed by atoms with van der Waals surface area (Å²) in [5.74, 6) is 0.0334. The van der Waals surface area contributed by atoms with Gasteiger partial charge in [0.15, 0.2) is 5.13 Å². The second kappa shape index (κ2) is 8.86. The number of halogens is 1. The van der Waals surface area contributed by atoms with E-state index in [4.69, 9.17) is 4.98 Å². The van der Waals surface area contributed by atoms with Crippen LogP contribution in [0.5, 0.6) is 0 Å². The van der Waals surface area contributed by atoms with Gasteiger partial charge in [-0.05, 0) is 12.0 Å². The molecule has 2 N–H and O–H groups in total. The molecule has 1 aromatic carbocycles. The van der Waals surface area contributed by atoms with Gasteiger partial charge in [-0.2, -0.15) is 5.10 Å². The maximum atomic E-state index is 12.9. The number of aryl methyl sites for hydroxylation is 2. The molecule has 0 unspecified atom stereocenters. The molecule has 1 aliphatic rings. The number of nitrogens with one attached hydrogen (secondary N) is 2. The largest absolute Gasteiger partial charge is 0.315 e. The van der Waals surface area contributed by atoms with E-state index in [1.807, 2.05) is 37.6 Å². The van der Waals surface area contributed by atoms with Gasteiger partial charge in [0.2, 0.25) is 5.91 Å². The first-order valence-electron chi connectivity index (χ1n) is 9.21. The Morgan fingerprint density at radius 3 is 2.79 bits per heavy atom. The molecule has 0 saturated carbocycles. The van der Waals surface area contributed by atoms with E-state index in [1.54, 1.807) is 16.0 Å². The van der Waals surface area contributed by atoms with Crippen LogP contribution in [0.3, 0.4) is 0 Å². The van der Waals surface area contributed by atoms with Gasteiger partial charge in [-0.1, -0.05) is 37.3 Å². The Hall–Kier alpha value is -2.22. The average molecular weight is 418 g/mol. The summed E-state index contributed by atoms with van der Waals surface area (Å²) >= 11 is 1.56. The van der Waals surface area contributed by atoms with Crippen LogP contribution in [0.2, 0.25) is 0 Å². The van der Waals surface area contributed by atoms with Crippen molar-refractivity contribution in [1.29, 1.82) is 0 Å². The van der Waals surface area contributed by atoms with Crippen molar-refractivity contribution in [3.05, 3.63) is 53.2 Å². The fourth-order valence-electron chi connectivity index (χ4n) is 3.60. The molecule has 3 aromatic rings. The third kappa shape index (κ3) is 4.11. The van der Waals surface area contributed by atoms with Gasteiger partial charge in [-0.15, -0.1) is 23.7 Å². The summed E-state index contributed by atoms with van der Waals surface area (Å²) < 4.78 is 1.78. The zero-order valence-corrected chi connectivity index (χ0v) is 17.5. The van der Waals surface area contributed by atoms with Gasteiger partial charge >= 0.3 is 0 Å². The Kier molecular flexibility index (Phi) is 6.49. The number of carbonyl (C=O) groups excluding carboxylic acids is 1. The van der Waals surface area contributed by atoms with Crippen molar-refractivity contribution in [1.82, 2.24) is 20.1 Å². The van der Waals surface area contributed by atoms with E-state index < -0.39 is 0 Å². The lowest BCUT2D eigenvalue weighted by Gasteiger charge is -2.15. The van der Waals surface area contributed by atoms with Crippen molar-refractivity contribution in [2.24, 2.45) is 13.0 Å². The zero-order chi connectivity index (χ0) is 18.8. The number of aromatic nitrogens is 3. The van der Waals surface area contributed by atoms with Crippen molar-refractivity contribution in [2.45, 2.75) is 19.3 Å². The molecule has 8 heteroatoms. The molecule has 0 aliphatic carbocycles. The van der Waals surface area contributed by atoms with E-state index in [9.17, 15) is 4.79 Å². The minimum Gasteiger partial charge on any atom is -0.315 e. The van der Waals surface area contributed by atoms with Crippen LogP contribution >= 0.6 is 23.7 Å². The van der Waals surface area contributed by atoms with Crippen LogP contribution in [0.15, 0.2) is 42.7 Å². The number of hydrogen-bond acceptors (Lipinski definition) is 5. The third-order valence-electron chi connectivity index (χ3n) is 5.00. The van der Waals surface area contributed by atoms with Crippen molar-refractivity contribution < 1.29 is 4.79 Å². The standard InChI is InChI=1S/C20H23N5OS.ClH/c1-3-17-18(13-7-5-4-6-8-13)23-20(27-17)24-19(26)16-11-21-10-15(16)14-9-22-25(2)12-14;/h4-9,12,15-16,21H,3,10-11H2,1-2H3,(H,23,24,26);1H/t15-,16+;/m1./s1. The van der Waals surface area contributed by atoms with Gasteiger partial charge in [0.25, 0.3) is 0 Å². The van der Waals surface area contributed by atoms with E-state index in [-0.39, 0.29) is 30.2 Å². The number of carbonyl (C=O) groups is 1. The zero-order valence-electron chi connectivity index (χ0n) is 15.9. The summed E-state index contributed by atoms with van der Waals surface area (Å²) in [6.45, 7) is 3.57. The van der Waals surface area contributed by atoms with Crippen LogP contribution in [0.1, 0.15) is 23.3 Å². The SMILES string of the molecule is CCc1sc(NC(=O)[C@H]2CNC[C@@H]2c2cnn(C)c2)nc1-c1ccccc1.Cl. The Bertz CT molecular complexity index is 939. The van der Waals surface area contributed by atoms with Gasteiger partial charge in [-0.3, -0.25) is 9.48 Å². The summed E-state index contributed by atoms with van der Waals surface area (Å²) in [7, 11) is 1.90. The first-order valence-corrected chi connectivity index (χ1v) is 10.0. The molecule has 148 valence electrons. The van der Waals surface area contributed by atoms with Gasteiger partial charge in [-0.25, -0.2) is 4.98 Å². The minimum absolute atomic E-state index is 0. The molecule has 3 heterocycles. The van der Waals surface area contributed by atoms with Crippen molar-refractivity contribution in [2.75, 3.05) is 18.4 Å². The smallest absolute Gasteiger partial charge is 0.231 e. The average Bonchev–Trinajstić information content (AvgIpc) is 3.41. The Morgan fingerprint density at radius 2 is 2.11 bits per heavy atom. The van der Waals surface area contributed by atoms with E-state index in [0.717, 1.165) is 29.8 Å². The molecule has 1 saturated heterocycles. The Morgan fingerprint density at radius 1 is 1.32 bits per heavy atom. The fourth-order valence-corrected chi connectivity index (χ4v) is 4.53. The van der Waals surface area contributed by atoms with Gasteiger partial charge in [0.1, 0.15) is 0 Å². The second-order valence-electron chi connectivity index (χ2n) is 6.82. The summed E-state index contributed by atoms with van der Waals surface area (Å²) in [5, 5.41) is 11.3. The number of benzene rings is 1. The highest BCUT2D eigenvalue weighted by Crippen LogP contribution is 2.33. The third-order valence-corrected chi connectivity index (χ3v) is 6.11. The highest BCUT2D eigenvalue weighted by molar-refractivity contribution is 7.16. The summed E-state index contributed by atoms with van der Waals surface area (Å²) in [5.41, 5.74) is 3.15. The molecule has 4 rings (SSSR count). The molecule has 0 bridgehead atoms. The quantitative estimate of drug-likeness (QED) is 0.666. The first kappa shape index (κ1) is 20.5. The number of anilines is 1. The maximum Gasteiger partial charge on any atom is 0.231 e. The van der Waals surface area contributed by atoms with Crippen LogP contribution in [0.25, 0.3) is 11.3 Å². The van der Waals surface area contributed by atoms with Crippen LogP contribution in [0.4, 0.5) is 5.13 Å². The molecule has 1 amide bonds. The highest BCUT2D eigenvalue weighted by atomic mass is 35.5. The van der Waals surface area contributed by atoms with Crippen LogP contribution in [0, 0.1) is 5.92 Å². The first-order chi connectivity index (χ1) is 13.2. The van der Waals surface area contributed by atoms with E-state index in [1.165, 1.54) is 4.88 Å². The van der Waals surface area contributed by atoms with E-state index in [2.05, 4.69) is 34.8 Å². The fraction of sp³-hybridized carbons (Fsp3) is 0.350. The van der Waals surface area contributed by atoms with Crippen molar-refractivity contribution in [3.8, 4) is 11.3 Å². The molecule has 28 heavy (non-hydrogen) atoms. The van der Waals surface area contributed by atoms with Gasteiger partial charge in [0, 0.05) is 42.7 Å². The van der Waals surface area contributed by atoms with Crippen molar-refractivity contribution >= 4 is 34.8 Å². The topological polar surface area (TPSA) is 71.8 Å². The molecular weight excluding hydrogens is 394 g/mol. The van der Waals surface area contributed by atoms with Crippen LogP contribution < -0.4 is 10.6 Å². The molecule has 1 aliphatic heterocycles. The number of nitrogens with zero attached hydrogens (tertiary/aromatic N) is 3. The van der Waals surface area contributed by atoms with E-state index in [0.29, 0.717) is 11.7 Å². The number of amides is 1. The van der Waals surface area contributed by atoms with Crippen LogP contribution in [-0.2, 0) is 18.3 Å². The maximum absolute atomic E-state index is 12.9. The van der Waals surface area contributed by atoms with E-state index >= 15 is 0 Å². The highest BCUT2D eigenvalue weighted by Gasteiger charge is 2.35. The Labute approximate surface area is 174 Å². The lowest BCUT2D eigenvalue weighted by atomic mass is 9.90.